The van der Waals surface area contributed by atoms with Crippen LogP contribution in [0, 0.1) is 6.92 Å². The third-order valence-electron chi connectivity index (χ3n) is 2.55. The van der Waals surface area contributed by atoms with Crippen molar-refractivity contribution in [1.82, 2.24) is 0 Å². The smallest absolute Gasteiger partial charge is 0.346 e. The van der Waals surface area contributed by atoms with Crippen molar-refractivity contribution in [1.29, 1.82) is 0 Å². The van der Waals surface area contributed by atoms with Gasteiger partial charge in [0.25, 0.3) is 10.0 Å². The van der Waals surface area contributed by atoms with E-state index in [-0.39, 0.29) is 14.8 Å². The maximum absolute atomic E-state index is 12.3. The van der Waals surface area contributed by atoms with E-state index in [1.165, 1.54) is 6.07 Å². The fourth-order valence-corrected chi connectivity index (χ4v) is 4.69. The zero-order valence-corrected chi connectivity index (χ0v) is 14.5. The van der Waals surface area contributed by atoms with Crippen LogP contribution in [-0.2, 0) is 10.0 Å². The van der Waals surface area contributed by atoms with E-state index < -0.39 is 16.0 Å². The molecule has 0 spiro atoms. The van der Waals surface area contributed by atoms with Crippen molar-refractivity contribution in [2.75, 3.05) is 4.72 Å². The second-order valence-corrected chi connectivity index (χ2v) is 8.25. The first-order valence-electron chi connectivity index (χ1n) is 5.53. The molecule has 1 aromatic heterocycles. The molecule has 2 rings (SSSR count). The average molecular weight is 411 g/mol. The van der Waals surface area contributed by atoms with Crippen LogP contribution >= 0.6 is 38.9 Å². The molecule has 112 valence electrons. The molecule has 0 saturated heterocycles. The van der Waals surface area contributed by atoms with Crippen LogP contribution in [0.15, 0.2) is 32.9 Å². The molecule has 2 aromatic rings. The molecule has 1 aromatic carbocycles. The van der Waals surface area contributed by atoms with E-state index in [2.05, 4.69) is 20.7 Å². The van der Waals surface area contributed by atoms with Crippen LogP contribution in [0.5, 0.6) is 0 Å². The highest BCUT2D eigenvalue weighted by Crippen LogP contribution is 2.33. The fourth-order valence-electron chi connectivity index (χ4n) is 1.58. The first-order valence-corrected chi connectivity index (χ1v) is 9.00. The van der Waals surface area contributed by atoms with Gasteiger partial charge in [-0.1, -0.05) is 17.7 Å². The van der Waals surface area contributed by atoms with Crippen molar-refractivity contribution in [3.05, 3.63) is 44.2 Å². The van der Waals surface area contributed by atoms with Gasteiger partial charge in [-0.05, 0) is 46.6 Å². The van der Waals surface area contributed by atoms with Gasteiger partial charge in [-0.2, -0.15) is 0 Å². The summed E-state index contributed by atoms with van der Waals surface area (Å²) in [4.78, 5) is 11.0. The number of sulfonamides is 1. The lowest BCUT2D eigenvalue weighted by molar-refractivity contribution is 0.0701. The number of halogens is 2. The molecule has 2 N–H and O–H groups in total. The van der Waals surface area contributed by atoms with Crippen LogP contribution < -0.4 is 4.72 Å². The number of hydrogen-bond donors (Lipinski definition) is 2. The van der Waals surface area contributed by atoms with E-state index in [9.17, 15) is 13.2 Å². The average Bonchev–Trinajstić information content (AvgIpc) is 2.78. The van der Waals surface area contributed by atoms with Crippen molar-refractivity contribution < 1.29 is 18.3 Å². The number of benzene rings is 1. The van der Waals surface area contributed by atoms with Crippen LogP contribution in [-0.4, -0.2) is 19.5 Å². The molecule has 0 fully saturated rings. The van der Waals surface area contributed by atoms with E-state index in [0.29, 0.717) is 26.4 Å². The first kappa shape index (κ1) is 16.3. The predicted molar refractivity (Wildman–Crippen MR) is 86.0 cm³/mol. The second kappa shape index (κ2) is 5.96. The van der Waals surface area contributed by atoms with Gasteiger partial charge in [-0.3, -0.25) is 4.72 Å². The standard InChI is InChI=1S/C12H9BrClNO4S2/c1-6-5-9(20-11(6)12(16)17)21(18,19)15-8-4-2-3-7(14)10(8)13/h2-5,15H,1H3,(H,16,17). The van der Waals surface area contributed by atoms with Gasteiger partial charge in [0.1, 0.15) is 9.09 Å². The van der Waals surface area contributed by atoms with E-state index in [1.807, 2.05) is 0 Å². The summed E-state index contributed by atoms with van der Waals surface area (Å²) in [6.07, 6.45) is 0. The largest absolute Gasteiger partial charge is 0.477 e. The highest BCUT2D eigenvalue weighted by molar-refractivity contribution is 9.10. The topological polar surface area (TPSA) is 83.5 Å². The second-order valence-electron chi connectivity index (χ2n) is 4.09. The number of aromatic carboxylic acids is 1. The van der Waals surface area contributed by atoms with E-state index >= 15 is 0 Å². The Balaban J connectivity index is 2.41. The quantitative estimate of drug-likeness (QED) is 0.799. The SMILES string of the molecule is Cc1cc(S(=O)(=O)Nc2cccc(Cl)c2Br)sc1C(=O)O. The molecular weight excluding hydrogens is 402 g/mol. The maximum atomic E-state index is 12.3. The van der Waals surface area contributed by atoms with Gasteiger partial charge in [-0.15, -0.1) is 11.3 Å². The third kappa shape index (κ3) is 3.39. The summed E-state index contributed by atoms with van der Waals surface area (Å²) in [5, 5.41) is 9.35. The van der Waals surface area contributed by atoms with Gasteiger partial charge in [0.15, 0.2) is 0 Å². The number of nitrogens with one attached hydrogen (secondary N) is 1. The van der Waals surface area contributed by atoms with Gasteiger partial charge < -0.3 is 5.11 Å². The van der Waals surface area contributed by atoms with Crippen LogP contribution in [0.25, 0.3) is 0 Å². The maximum Gasteiger partial charge on any atom is 0.346 e. The molecule has 21 heavy (non-hydrogen) atoms. The van der Waals surface area contributed by atoms with Crippen molar-refractivity contribution in [3.63, 3.8) is 0 Å². The van der Waals surface area contributed by atoms with Crippen LogP contribution in [0.4, 0.5) is 5.69 Å². The van der Waals surface area contributed by atoms with Crippen LogP contribution in [0.2, 0.25) is 5.02 Å². The summed E-state index contributed by atoms with van der Waals surface area (Å²) in [6, 6.07) is 6.09. The van der Waals surface area contributed by atoms with E-state index in [1.54, 1.807) is 25.1 Å². The number of rotatable bonds is 4. The zero-order valence-electron chi connectivity index (χ0n) is 10.6. The fraction of sp³-hybridized carbons (Fsp3) is 0.0833. The Kier molecular flexibility index (Phi) is 4.62. The van der Waals surface area contributed by atoms with Gasteiger partial charge in [0, 0.05) is 0 Å². The number of carbonyl (C=O) groups is 1. The molecule has 0 aliphatic rings. The Bertz CT molecular complexity index is 817. The molecule has 0 amide bonds. The number of thiophene rings is 1. The van der Waals surface area contributed by atoms with Crippen molar-refractivity contribution >= 4 is 60.5 Å². The molecule has 0 radical (unpaired) electrons. The number of aryl methyl sites for hydroxylation is 1. The van der Waals surface area contributed by atoms with Gasteiger partial charge in [0.2, 0.25) is 0 Å². The molecule has 1 heterocycles. The predicted octanol–water partition coefficient (Wildman–Crippen LogP) is 3.97. The summed E-state index contributed by atoms with van der Waals surface area (Å²) < 4.78 is 27.3. The first-order chi connectivity index (χ1) is 9.72. The van der Waals surface area contributed by atoms with Gasteiger partial charge in [-0.25, -0.2) is 13.2 Å². The highest BCUT2D eigenvalue weighted by Gasteiger charge is 2.22. The Morgan fingerprint density at radius 3 is 2.67 bits per heavy atom. The Morgan fingerprint density at radius 2 is 2.10 bits per heavy atom. The van der Waals surface area contributed by atoms with E-state index in [4.69, 9.17) is 16.7 Å². The lowest BCUT2D eigenvalue weighted by Gasteiger charge is -2.09. The molecule has 0 aliphatic heterocycles. The lowest BCUT2D eigenvalue weighted by Crippen LogP contribution is -2.11. The monoisotopic (exact) mass is 409 g/mol. The molecule has 0 atom stereocenters. The summed E-state index contributed by atoms with van der Waals surface area (Å²) >= 11 is 9.81. The third-order valence-corrected chi connectivity index (χ3v) is 7.01. The molecule has 0 unspecified atom stereocenters. The Hall–Kier alpha value is -1.09. The minimum absolute atomic E-state index is 0.000495. The number of anilines is 1. The minimum atomic E-state index is -3.87. The van der Waals surface area contributed by atoms with Crippen LogP contribution in [0.3, 0.4) is 0 Å². The zero-order chi connectivity index (χ0) is 15.8. The summed E-state index contributed by atoms with van der Waals surface area (Å²) in [5.41, 5.74) is 0.684. The molecule has 0 bridgehead atoms. The van der Waals surface area contributed by atoms with Crippen LogP contribution in [0.1, 0.15) is 15.2 Å². The molecule has 0 saturated carbocycles. The van der Waals surface area contributed by atoms with Crippen molar-refractivity contribution in [2.45, 2.75) is 11.1 Å². The van der Waals surface area contributed by atoms with Gasteiger partial charge >= 0.3 is 5.97 Å². The number of carboxylic acids is 1. The molecule has 0 aliphatic carbocycles. The number of hydrogen-bond acceptors (Lipinski definition) is 4. The Morgan fingerprint density at radius 1 is 1.43 bits per heavy atom. The molecule has 9 heteroatoms. The highest BCUT2D eigenvalue weighted by atomic mass is 79.9. The number of carboxylic acid groups (broad SMARTS) is 1. The Labute approximate surface area is 138 Å². The van der Waals surface area contributed by atoms with Crippen molar-refractivity contribution in [3.8, 4) is 0 Å². The minimum Gasteiger partial charge on any atom is -0.477 e. The lowest BCUT2D eigenvalue weighted by atomic mass is 10.3. The summed E-state index contributed by atoms with van der Waals surface area (Å²) in [7, 11) is -3.87. The summed E-state index contributed by atoms with van der Waals surface area (Å²) in [6.45, 7) is 1.55. The van der Waals surface area contributed by atoms with Crippen molar-refractivity contribution in [2.24, 2.45) is 0 Å². The van der Waals surface area contributed by atoms with E-state index in [0.717, 1.165) is 0 Å². The summed E-state index contributed by atoms with van der Waals surface area (Å²) in [5.74, 6) is -1.15. The van der Waals surface area contributed by atoms with Gasteiger partial charge in [0.05, 0.1) is 15.2 Å². The normalized spacial score (nSPS) is 11.4. The molecular formula is C12H9BrClNO4S2. The molecule has 5 nitrogen and oxygen atoms in total.